The summed E-state index contributed by atoms with van der Waals surface area (Å²) in [5.41, 5.74) is 6.39. The molecule has 0 saturated carbocycles. The van der Waals surface area contributed by atoms with Crippen molar-refractivity contribution in [1.82, 2.24) is 19.9 Å². The van der Waals surface area contributed by atoms with Crippen LogP contribution in [-0.2, 0) is 13.0 Å². The molecule has 0 aromatic carbocycles. The standard InChI is InChI=1S/C28H35N5OS/c1-28(2,34)20-10-15-32(16-11-20)17-19-18-35-26-24(19)30-27(33-13-4-3-5-14-33)31-25(26)22-9-12-29-23-8-6-7-21(22)23/h6-7,9,12,18,20,34H,3-5,8,10-11,13-17H2,1-2H3. The van der Waals surface area contributed by atoms with E-state index in [1.807, 2.05) is 20.0 Å². The van der Waals surface area contributed by atoms with Crippen LogP contribution in [0.15, 0.2) is 23.7 Å². The summed E-state index contributed by atoms with van der Waals surface area (Å²) in [7, 11) is 0. The van der Waals surface area contributed by atoms with Crippen molar-refractivity contribution in [3.63, 3.8) is 0 Å². The molecule has 3 aliphatic rings. The van der Waals surface area contributed by atoms with Gasteiger partial charge in [0.15, 0.2) is 0 Å². The molecule has 1 N–H and O–H groups in total. The fraction of sp³-hybridized carbons (Fsp3) is 0.536. The molecule has 7 heteroatoms. The average molecular weight is 490 g/mol. The third-order valence-electron chi connectivity index (χ3n) is 8.02. The molecule has 6 rings (SSSR count). The first-order chi connectivity index (χ1) is 17.0. The van der Waals surface area contributed by atoms with Crippen molar-refractivity contribution in [2.45, 2.75) is 64.5 Å². The summed E-state index contributed by atoms with van der Waals surface area (Å²) in [6.07, 6.45) is 13.0. The van der Waals surface area contributed by atoms with Crippen molar-refractivity contribution in [2.75, 3.05) is 31.1 Å². The highest BCUT2D eigenvalue weighted by atomic mass is 32.1. The predicted molar refractivity (Wildman–Crippen MR) is 144 cm³/mol. The van der Waals surface area contributed by atoms with Crippen LogP contribution in [0.4, 0.5) is 5.95 Å². The number of nitrogens with zero attached hydrogens (tertiary/aromatic N) is 5. The fourth-order valence-electron chi connectivity index (χ4n) is 5.88. The van der Waals surface area contributed by atoms with Gasteiger partial charge < -0.3 is 10.0 Å². The van der Waals surface area contributed by atoms with Crippen LogP contribution >= 0.6 is 11.3 Å². The van der Waals surface area contributed by atoms with Crippen LogP contribution in [0.2, 0.25) is 0 Å². The van der Waals surface area contributed by atoms with Crippen LogP contribution in [0.1, 0.15) is 62.8 Å². The van der Waals surface area contributed by atoms with E-state index in [0.29, 0.717) is 5.92 Å². The summed E-state index contributed by atoms with van der Waals surface area (Å²) in [4.78, 5) is 19.9. The first-order valence-electron chi connectivity index (χ1n) is 13.1. The second kappa shape index (κ2) is 9.26. The summed E-state index contributed by atoms with van der Waals surface area (Å²) in [6.45, 7) is 8.91. The first-order valence-corrected chi connectivity index (χ1v) is 14.0. The van der Waals surface area contributed by atoms with Gasteiger partial charge in [-0.2, -0.15) is 0 Å². The Balaban J connectivity index is 1.38. The molecule has 0 radical (unpaired) electrons. The van der Waals surface area contributed by atoms with E-state index < -0.39 is 5.60 Å². The van der Waals surface area contributed by atoms with Gasteiger partial charge in [0.1, 0.15) is 0 Å². The third-order valence-corrected chi connectivity index (χ3v) is 9.04. The number of allylic oxidation sites excluding steroid dienone is 1. The minimum absolute atomic E-state index is 0.374. The number of piperidine rings is 2. The predicted octanol–water partition coefficient (Wildman–Crippen LogP) is 5.30. The van der Waals surface area contributed by atoms with Crippen molar-refractivity contribution in [2.24, 2.45) is 5.92 Å². The zero-order chi connectivity index (χ0) is 24.0. The smallest absolute Gasteiger partial charge is 0.226 e. The number of aromatic nitrogens is 3. The Morgan fingerprint density at radius 1 is 1.09 bits per heavy atom. The van der Waals surface area contributed by atoms with Gasteiger partial charge in [-0.05, 0) is 76.4 Å². The van der Waals surface area contributed by atoms with Crippen molar-refractivity contribution >= 4 is 33.6 Å². The SMILES string of the molecule is CC(C)(O)C1CCN(Cc2csc3c(-c4ccnc5c4C=CC5)nc(N4CCCCC4)nc23)CC1. The van der Waals surface area contributed by atoms with Gasteiger partial charge in [0.2, 0.25) is 5.95 Å². The van der Waals surface area contributed by atoms with Crippen LogP contribution in [0.3, 0.4) is 0 Å². The molecule has 1 aliphatic carbocycles. The molecule has 0 atom stereocenters. The zero-order valence-electron chi connectivity index (χ0n) is 20.8. The van der Waals surface area contributed by atoms with E-state index in [2.05, 4.69) is 38.4 Å². The number of rotatable bonds is 5. The lowest BCUT2D eigenvalue weighted by Crippen LogP contribution is -2.41. The fourth-order valence-corrected chi connectivity index (χ4v) is 6.88. The van der Waals surface area contributed by atoms with Crippen molar-refractivity contribution in [3.05, 3.63) is 40.5 Å². The molecular weight excluding hydrogens is 454 g/mol. The molecule has 3 aromatic heterocycles. The van der Waals surface area contributed by atoms with Gasteiger partial charge in [-0.15, -0.1) is 11.3 Å². The Morgan fingerprint density at radius 3 is 2.66 bits per heavy atom. The Hall–Kier alpha value is -2.35. The Labute approximate surface area is 211 Å². The monoisotopic (exact) mass is 489 g/mol. The highest BCUT2D eigenvalue weighted by Crippen LogP contribution is 2.39. The normalized spacial score (nSPS) is 19.6. The molecule has 2 saturated heterocycles. The van der Waals surface area contributed by atoms with E-state index in [9.17, 15) is 5.11 Å². The Bertz CT molecular complexity index is 1250. The number of likely N-dealkylation sites (tertiary alicyclic amines) is 1. The lowest BCUT2D eigenvalue weighted by Gasteiger charge is -2.37. The van der Waals surface area contributed by atoms with Crippen LogP contribution in [0, 0.1) is 5.92 Å². The maximum Gasteiger partial charge on any atom is 0.226 e. The number of hydrogen-bond acceptors (Lipinski definition) is 7. The van der Waals surface area contributed by atoms with E-state index in [0.717, 1.165) is 74.8 Å². The van der Waals surface area contributed by atoms with Crippen LogP contribution in [-0.4, -0.2) is 56.7 Å². The molecule has 2 fully saturated rings. The van der Waals surface area contributed by atoms with Gasteiger partial charge in [-0.25, -0.2) is 9.97 Å². The minimum Gasteiger partial charge on any atom is -0.390 e. The number of thiophene rings is 1. The number of fused-ring (bicyclic) bond motifs is 2. The summed E-state index contributed by atoms with van der Waals surface area (Å²) in [5, 5.41) is 12.7. The van der Waals surface area contributed by atoms with E-state index in [1.165, 1.54) is 40.7 Å². The number of anilines is 1. The second-order valence-electron chi connectivity index (χ2n) is 10.9. The van der Waals surface area contributed by atoms with Gasteiger partial charge in [0, 0.05) is 48.9 Å². The van der Waals surface area contributed by atoms with E-state index in [1.54, 1.807) is 11.3 Å². The molecule has 35 heavy (non-hydrogen) atoms. The van der Waals surface area contributed by atoms with Crippen LogP contribution < -0.4 is 4.90 Å². The average Bonchev–Trinajstić information content (AvgIpc) is 3.51. The maximum absolute atomic E-state index is 10.4. The maximum atomic E-state index is 10.4. The summed E-state index contributed by atoms with van der Waals surface area (Å²) >= 11 is 1.77. The number of hydrogen-bond donors (Lipinski definition) is 1. The lowest BCUT2D eigenvalue weighted by atomic mass is 9.83. The molecule has 2 aliphatic heterocycles. The number of pyridine rings is 1. The van der Waals surface area contributed by atoms with Crippen LogP contribution in [0.5, 0.6) is 0 Å². The Kier molecular flexibility index (Phi) is 6.11. The van der Waals surface area contributed by atoms with Crippen LogP contribution in [0.25, 0.3) is 27.6 Å². The van der Waals surface area contributed by atoms with Gasteiger partial charge in [0.25, 0.3) is 0 Å². The minimum atomic E-state index is -0.591. The first kappa shape index (κ1) is 23.1. The zero-order valence-corrected chi connectivity index (χ0v) is 21.7. The molecule has 0 spiro atoms. The largest absolute Gasteiger partial charge is 0.390 e. The molecule has 5 heterocycles. The molecule has 0 unspecified atom stereocenters. The quantitative estimate of drug-likeness (QED) is 0.525. The molecule has 184 valence electrons. The summed E-state index contributed by atoms with van der Waals surface area (Å²) < 4.78 is 1.18. The van der Waals surface area contributed by atoms with Gasteiger partial charge >= 0.3 is 0 Å². The molecule has 6 nitrogen and oxygen atoms in total. The number of aliphatic hydroxyl groups is 1. The van der Waals surface area contributed by atoms with E-state index in [4.69, 9.17) is 9.97 Å². The van der Waals surface area contributed by atoms with Gasteiger partial charge in [0.05, 0.1) is 27.2 Å². The molecular formula is C28H35N5OS. The van der Waals surface area contributed by atoms with Crippen molar-refractivity contribution in [1.29, 1.82) is 0 Å². The second-order valence-corrected chi connectivity index (χ2v) is 11.8. The molecule has 0 bridgehead atoms. The third kappa shape index (κ3) is 4.50. The van der Waals surface area contributed by atoms with E-state index in [-0.39, 0.29) is 0 Å². The topological polar surface area (TPSA) is 65.4 Å². The van der Waals surface area contributed by atoms with Crippen molar-refractivity contribution in [3.8, 4) is 11.3 Å². The highest BCUT2D eigenvalue weighted by molar-refractivity contribution is 7.17. The van der Waals surface area contributed by atoms with E-state index >= 15 is 0 Å². The van der Waals surface area contributed by atoms with Gasteiger partial charge in [-0.3, -0.25) is 9.88 Å². The lowest BCUT2D eigenvalue weighted by molar-refractivity contribution is -0.0135. The highest BCUT2D eigenvalue weighted by Gasteiger charge is 2.31. The summed E-state index contributed by atoms with van der Waals surface area (Å²) in [5.74, 6) is 1.25. The summed E-state index contributed by atoms with van der Waals surface area (Å²) in [6, 6.07) is 2.12. The molecule has 0 amide bonds. The van der Waals surface area contributed by atoms with Gasteiger partial charge in [-0.1, -0.05) is 12.2 Å². The molecule has 3 aromatic rings. The Morgan fingerprint density at radius 2 is 1.89 bits per heavy atom. The van der Waals surface area contributed by atoms with Crippen molar-refractivity contribution < 1.29 is 5.11 Å².